The lowest BCUT2D eigenvalue weighted by molar-refractivity contribution is -0.140. The molecule has 0 aliphatic heterocycles. The summed E-state index contributed by atoms with van der Waals surface area (Å²) in [5.74, 6) is -0.209. The number of nitrogens with one attached hydrogen (secondary N) is 1. The number of carbonyl (C=O) groups is 2. The Labute approximate surface area is 273 Å². The third-order valence-corrected chi connectivity index (χ3v) is 9.79. The summed E-state index contributed by atoms with van der Waals surface area (Å²) in [4.78, 5) is 30.1. The number of methoxy groups -OCH3 is 1. The van der Waals surface area contributed by atoms with Crippen molar-refractivity contribution in [3.63, 3.8) is 0 Å². The Balaban J connectivity index is 1.81. The van der Waals surface area contributed by atoms with Crippen LogP contribution in [0.15, 0.2) is 114 Å². The van der Waals surface area contributed by atoms with Gasteiger partial charge in [0, 0.05) is 19.0 Å². The molecule has 2 amide bonds. The molecule has 4 aromatic carbocycles. The highest BCUT2D eigenvalue weighted by molar-refractivity contribution is 7.92. The number of aryl methyl sites for hydroxylation is 1. The molecule has 0 aliphatic rings. The maximum absolute atomic E-state index is 14.6. The molecule has 2 unspecified atom stereocenters. The van der Waals surface area contributed by atoms with Crippen LogP contribution in [0.4, 0.5) is 5.69 Å². The number of benzene rings is 4. The molecule has 4 aromatic rings. The van der Waals surface area contributed by atoms with Crippen LogP contribution < -0.4 is 14.4 Å². The number of rotatable bonds is 15. The van der Waals surface area contributed by atoms with Crippen LogP contribution >= 0.6 is 0 Å². The zero-order valence-electron chi connectivity index (χ0n) is 26.9. The van der Waals surface area contributed by atoms with E-state index in [0.29, 0.717) is 17.9 Å². The van der Waals surface area contributed by atoms with Crippen molar-refractivity contribution in [1.29, 1.82) is 0 Å². The Kier molecular flexibility index (Phi) is 12.0. The highest BCUT2D eigenvalue weighted by Crippen LogP contribution is 2.26. The zero-order valence-corrected chi connectivity index (χ0v) is 27.7. The van der Waals surface area contributed by atoms with Gasteiger partial charge in [0.25, 0.3) is 10.0 Å². The van der Waals surface area contributed by atoms with E-state index in [1.54, 1.807) is 43.5 Å². The van der Waals surface area contributed by atoms with Gasteiger partial charge in [0.1, 0.15) is 18.3 Å². The molecule has 0 fully saturated rings. The minimum absolute atomic E-state index is 0.0649. The Hall–Kier alpha value is -4.63. The first-order valence-electron chi connectivity index (χ1n) is 15.6. The topological polar surface area (TPSA) is 96.0 Å². The first kappa shape index (κ1) is 34.2. The Morgan fingerprint density at radius 3 is 2.04 bits per heavy atom. The first-order valence-corrected chi connectivity index (χ1v) is 17.0. The second-order valence-corrected chi connectivity index (χ2v) is 13.1. The third-order valence-electron chi connectivity index (χ3n) is 8.00. The number of anilines is 1. The van der Waals surface area contributed by atoms with E-state index in [0.717, 1.165) is 27.4 Å². The third kappa shape index (κ3) is 8.75. The quantitative estimate of drug-likeness (QED) is 0.172. The van der Waals surface area contributed by atoms with Crippen LogP contribution in [-0.2, 0) is 39.0 Å². The highest BCUT2D eigenvalue weighted by Gasteiger charge is 2.35. The summed E-state index contributed by atoms with van der Waals surface area (Å²) in [7, 11) is -2.58. The largest absolute Gasteiger partial charge is 0.497 e. The molecule has 0 saturated carbocycles. The molecule has 0 radical (unpaired) electrons. The Bertz CT molecular complexity index is 1680. The first-order chi connectivity index (χ1) is 22.2. The van der Waals surface area contributed by atoms with Crippen molar-refractivity contribution in [2.45, 2.75) is 63.6 Å². The van der Waals surface area contributed by atoms with Crippen molar-refractivity contribution >= 4 is 27.5 Å². The van der Waals surface area contributed by atoms with Crippen molar-refractivity contribution in [3.8, 4) is 5.75 Å². The molecule has 242 valence electrons. The summed E-state index contributed by atoms with van der Waals surface area (Å²) >= 11 is 0. The Morgan fingerprint density at radius 2 is 1.43 bits per heavy atom. The average Bonchev–Trinajstić information content (AvgIpc) is 3.09. The van der Waals surface area contributed by atoms with E-state index in [4.69, 9.17) is 4.74 Å². The molecule has 46 heavy (non-hydrogen) atoms. The number of nitrogens with zero attached hydrogens (tertiary/aromatic N) is 2. The molecule has 0 spiro atoms. The number of hydrogen-bond donors (Lipinski definition) is 1. The van der Waals surface area contributed by atoms with Gasteiger partial charge in [0.15, 0.2) is 0 Å². The fourth-order valence-corrected chi connectivity index (χ4v) is 6.54. The van der Waals surface area contributed by atoms with Gasteiger partial charge in [0.05, 0.1) is 17.7 Å². The van der Waals surface area contributed by atoms with Crippen molar-refractivity contribution in [2.24, 2.45) is 0 Å². The normalized spacial score (nSPS) is 12.5. The van der Waals surface area contributed by atoms with E-state index >= 15 is 0 Å². The van der Waals surface area contributed by atoms with Gasteiger partial charge in [-0.25, -0.2) is 8.42 Å². The Morgan fingerprint density at radius 1 is 0.804 bits per heavy atom. The maximum atomic E-state index is 14.6. The van der Waals surface area contributed by atoms with Crippen molar-refractivity contribution in [2.75, 3.05) is 18.0 Å². The van der Waals surface area contributed by atoms with Crippen LogP contribution in [0, 0.1) is 0 Å². The number of hydrogen-bond acceptors (Lipinski definition) is 5. The van der Waals surface area contributed by atoms with Crippen LogP contribution in [-0.4, -0.2) is 50.9 Å². The van der Waals surface area contributed by atoms with E-state index in [1.165, 1.54) is 17.0 Å². The fourth-order valence-electron chi connectivity index (χ4n) is 5.11. The lowest BCUT2D eigenvalue weighted by Gasteiger charge is -2.34. The standard InChI is InChI=1S/C37H43N3O5S/c1-5-28(3)38-37(42)35(25-30-14-9-7-10-15-30)39(26-31-16-13-17-33(24-31)45-4)36(41)27-40(32-22-20-29(6-2)21-23-32)46(43,44)34-18-11-8-12-19-34/h7-24,28,35H,5-6,25-27H2,1-4H3,(H,38,42). The van der Waals surface area contributed by atoms with Gasteiger partial charge in [-0.1, -0.05) is 86.6 Å². The summed E-state index contributed by atoms with van der Waals surface area (Å²) in [5.41, 5.74) is 3.02. The number of sulfonamides is 1. The highest BCUT2D eigenvalue weighted by atomic mass is 32.2. The summed E-state index contributed by atoms with van der Waals surface area (Å²) in [6.45, 7) is 5.47. The minimum atomic E-state index is -4.15. The molecule has 0 heterocycles. The smallest absolute Gasteiger partial charge is 0.264 e. The van der Waals surface area contributed by atoms with E-state index in [9.17, 15) is 18.0 Å². The van der Waals surface area contributed by atoms with E-state index in [1.807, 2.05) is 81.4 Å². The molecular weight excluding hydrogens is 598 g/mol. The predicted octanol–water partition coefficient (Wildman–Crippen LogP) is 6.01. The lowest BCUT2D eigenvalue weighted by Crippen LogP contribution is -2.54. The monoisotopic (exact) mass is 641 g/mol. The van der Waals surface area contributed by atoms with Gasteiger partial charge in [-0.05, 0) is 72.9 Å². The molecule has 0 bridgehead atoms. The molecule has 2 atom stereocenters. The van der Waals surface area contributed by atoms with Gasteiger partial charge in [-0.3, -0.25) is 13.9 Å². The molecular formula is C37H43N3O5S. The second-order valence-electron chi connectivity index (χ2n) is 11.2. The number of carbonyl (C=O) groups excluding carboxylic acids is 2. The van der Waals surface area contributed by atoms with Gasteiger partial charge in [-0.2, -0.15) is 0 Å². The number of amides is 2. The second kappa shape index (κ2) is 16.1. The van der Waals surface area contributed by atoms with Crippen molar-refractivity contribution in [3.05, 3.63) is 126 Å². The zero-order chi connectivity index (χ0) is 33.1. The van der Waals surface area contributed by atoms with E-state index < -0.39 is 28.5 Å². The summed E-state index contributed by atoms with van der Waals surface area (Å²) in [6.07, 6.45) is 1.74. The van der Waals surface area contributed by atoms with Crippen molar-refractivity contribution in [1.82, 2.24) is 10.2 Å². The summed E-state index contributed by atoms with van der Waals surface area (Å²) < 4.78 is 34.8. The molecule has 0 aliphatic carbocycles. The molecule has 0 saturated heterocycles. The van der Waals surface area contributed by atoms with Crippen LogP contribution in [0.25, 0.3) is 0 Å². The van der Waals surface area contributed by atoms with E-state index in [2.05, 4.69) is 5.32 Å². The molecule has 4 rings (SSSR count). The molecule has 0 aromatic heterocycles. The SMILES string of the molecule is CCc1ccc(N(CC(=O)N(Cc2cccc(OC)c2)C(Cc2ccccc2)C(=O)NC(C)CC)S(=O)(=O)c2ccccc2)cc1. The summed E-state index contributed by atoms with van der Waals surface area (Å²) in [5, 5.41) is 3.06. The molecule has 8 nitrogen and oxygen atoms in total. The molecule has 9 heteroatoms. The minimum Gasteiger partial charge on any atom is -0.497 e. The van der Waals surface area contributed by atoms with Gasteiger partial charge >= 0.3 is 0 Å². The van der Waals surface area contributed by atoms with Crippen LogP contribution in [0.3, 0.4) is 0 Å². The number of ether oxygens (including phenoxy) is 1. The van der Waals surface area contributed by atoms with Crippen LogP contribution in [0.5, 0.6) is 5.75 Å². The predicted molar refractivity (Wildman–Crippen MR) is 182 cm³/mol. The summed E-state index contributed by atoms with van der Waals surface area (Å²) in [6, 6.07) is 31.0. The van der Waals surface area contributed by atoms with Gasteiger partial charge in [-0.15, -0.1) is 0 Å². The van der Waals surface area contributed by atoms with Crippen LogP contribution in [0.1, 0.15) is 43.9 Å². The van der Waals surface area contributed by atoms with E-state index in [-0.39, 0.29) is 29.8 Å². The maximum Gasteiger partial charge on any atom is 0.264 e. The lowest BCUT2D eigenvalue weighted by atomic mass is 10.0. The molecule has 1 N–H and O–H groups in total. The van der Waals surface area contributed by atoms with Gasteiger partial charge in [0.2, 0.25) is 11.8 Å². The fraction of sp³-hybridized carbons (Fsp3) is 0.297. The van der Waals surface area contributed by atoms with Crippen LogP contribution in [0.2, 0.25) is 0 Å². The van der Waals surface area contributed by atoms with Crippen molar-refractivity contribution < 1.29 is 22.7 Å². The average molecular weight is 642 g/mol. The van der Waals surface area contributed by atoms with Gasteiger partial charge < -0.3 is 15.0 Å².